The van der Waals surface area contributed by atoms with Crippen molar-refractivity contribution in [1.82, 2.24) is 14.9 Å². The summed E-state index contributed by atoms with van der Waals surface area (Å²) in [6.45, 7) is 1.22. The molecule has 8 heteroatoms. The van der Waals surface area contributed by atoms with Gasteiger partial charge in [0.1, 0.15) is 10.8 Å². The number of hydrogen-bond acceptors (Lipinski definition) is 6. The molecule has 29 heavy (non-hydrogen) atoms. The molecule has 1 aliphatic rings. The number of likely N-dealkylation sites (tertiary alicyclic amines) is 1. The number of hydrogen-bond donors (Lipinski definition) is 1. The maximum atomic E-state index is 11.6. The molecular weight excluding hydrogens is 406 g/mol. The summed E-state index contributed by atoms with van der Waals surface area (Å²) >= 11 is 3.21. The molecule has 0 aliphatic carbocycles. The molecule has 1 aromatic carbocycles. The summed E-state index contributed by atoms with van der Waals surface area (Å²) in [4.78, 5) is 21.8. The van der Waals surface area contributed by atoms with Crippen LogP contribution in [0.3, 0.4) is 0 Å². The molecule has 0 spiro atoms. The molecule has 6 nitrogen and oxygen atoms in total. The lowest BCUT2D eigenvalue weighted by Crippen LogP contribution is -2.46. The number of ether oxygens (including phenoxy) is 1. The first-order valence-corrected chi connectivity index (χ1v) is 11.5. The first kappa shape index (κ1) is 19.8. The average Bonchev–Trinajstić information content (AvgIpc) is 3.43. The lowest BCUT2D eigenvalue weighted by molar-refractivity contribution is 0.0842. The standard InChI is InChI=1S/C21H23N3O3S2/c25-21(26)24-9-5-15(13-17(24)14-19-22-7-11-28-19)6-10-27-18-3-1-16(2-4-18)20-23-8-12-29-20/h1-4,7-8,11-12,15,17H,5-6,9-10,13-14H2,(H,25,26). The average molecular weight is 430 g/mol. The minimum atomic E-state index is -0.832. The van der Waals surface area contributed by atoms with E-state index in [4.69, 9.17) is 4.74 Å². The highest BCUT2D eigenvalue weighted by Gasteiger charge is 2.32. The van der Waals surface area contributed by atoms with Crippen LogP contribution in [0.5, 0.6) is 5.75 Å². The fourth-order valence-electron chi connectivity index (χ4n) is 3.80. The minimum Gasteiger partial charge on any atom is -0.494 e. The van der Waals surface area contributed by atoms with E-state index in [9.17, 15) is 9.90 Å². The van der Waals surface area contributed by atoms with E-state index >= 15 is 0 Å². The van der Waals surface area contributed by atoms with Crippen LogP contribution < -0.4 is 4.74 Å². The van der Waals surface area contributed by atoms with Crippen LogP contribution in [0.15, 0.2) is 47.4 Å². The van der Waals surface area contributed by atoms with Crippen molar-refractivity contribution in [3.05, 3.63) is 52.4 Å². The van der Waals surface area contributed by atoms with Crippen LogP contribution in [0, 0.1) is 5.92 Å². The molecule has 1 N–H and O–H groups in total. The quantitative estimate of drug-likeness (QED) is 0.570. The molecule has 0 saturated carbocycles. The van der Waals surface area contributed by atoms with Gasteiger partial charge in [-0.2, -0.15) is 0 Å². The molecule has 152 valence electrons. The van der Waals surface area contributed by atoms with E-state index < -0.39 is 6.09 Å². The van der Waals surface area contributed by atoms with E-state index in [0.29, 0.717) is 25.5 Å². The van der Waals surface area contributed by atoms with Gasteiger partial charge in [-0.25, -0.2) is 14.8 Å². The van der Waals surface area contributed by atoms with Crippen molar-refractivity contribution < 1.29 is 14.6 Å². The molecule has 3 heterocycles. The molecule has 1 saturated heterocycles. The minimum absolute atomic E-state index is 0.00465. The molecule has 1 fully saturated rings. The summed E-state index contributed by atoms with van der Waals surface area (Å²) in [7, 11) is 0. The van der Waals surface area contributed by atoms with Crippen molar-refractivity contribution >= 4 is 28.8 Å². The Balaban J connectivity index is 1.28. The van der Waals surface area contributed by atoms with Crippen molar-refractivity contribution in [1.29, 1.82) is 0 Å². The fourth-order valence-corrected chi connectivity index (χ4v) is 5.13. The fraction of sp³-hybridized carbons (Fsp3) is 0.381. The normalized spacial score (nSPS) is 19.2. The Morgan fingerprint density at radius 3 is 2.66 bits per heavy atom. The third-order valence-electron chi connectivity index (χ3n) is 5.29. The molecule has 2 aromatic heterocycles. The second kappa shape index (κ2) is 9.37. The van der Waals surface area contributed by atoms with Gasteiger partial charge in [0, 0.05) is 47.7 Å². The molecule has 0 bridgehead atoms. The zero-order valence-corrected chi connectivity index (χ0v) is 17.6. The van der Waals surface area contributed by atoms with Crippen LogP contribution in [0.4, 0.5) is 4.79 Å². The molecule has 3 aromatic rings. The van der Waals surface area contributed by atoms with Crippen molar-refractivity contribution in [2.24, 2.45) is 5.92 Å². The van der Waals surface area contributed by atoms with Gasteiger partial charge in [0.2, 0.25) is 0 Å². The van der Waals surface area contributed by atoms with Crippen LogP contribution >= 0.6 is 22.7 Å². The van der Waals surface area contributed by atoms with Gasteiger partial charge in [0.05, 0.1) is 11.6 Å². The van der Waals surface area contributed by atoms with Gasteiger partial charge < -0.3 is 14.7 Å². The second-order valence-electron chi connectivity index (χ2n) is 7.15. The van der Waals surface area contributed by atoms with Gasteiger partial charge in [-0.15, -0.1) is 22.7 Å². The summed E-state index contributed by atoms with van der Waals surface area (Å²) in [6, 6.07) is 8.02. The Hall–Kier alpha value is -2.45. The predicted molar refractivity (Wildman–Crippen MR) is 115 cm³/mol. The summed E-state index contributed by atoms with van der Waals surface area (Å²) in [6.07, 6.45) is 6.11. The van der Waals surface area contributed by atoms with E-state index in [-0.39, 0.29) is 6.04 Å². The van der Waals surface area contributed by atoms with E-state index in [2.05, 4.69) is 9.97 Å². The van der Waals surface area contributed by atoms with Crippen molar-refractivity contribution in [2.45, 2.75) is 31.7 Å². The molecule has 2 unspecified atom stereocenters. The van der Waals surface area contributed by atoms with E-state index in [0.717, 1.165) is 40.6 Å². The molecule has 2 atom stereocenters. The first-order valence-electron chi connectivity index (χ1n) is 9.69. The van der Waals surface area contributed by atoms with Gasteiger partial charge in [-0.05, 0) is 49.4 Å². The molecule has 1 aliphatic heterocycles. The lowest BCUT2D eigenvalue weighted by atomic mass is 9.87. The molecule has 0 radical (unpaired) electrons. The van der Waals surface area contributed by atoms with Gasteiger partial charge in [-0.1, -0.05) is 0 Å². The predicted octanol–water partition coefficient (Wildman–Crippen LogP) is 5.04. The highest BCUT2D eigenvalue weighted by molar-refractivity contribution is 7.13. The summed E-state index contributed by atoms with van der Waals surface area (Å²) in [5, 5.41) is 15.4. The van der Waals surface area contributed by atoms with Crippen LogP contribution in [0.2, 0.25) is 0 Å². The number of aromatic nitrogens is 2. The number of carbonyl (C=O) groups is 1. The number of rotatable bonds is 7. The number of piperidine rings is 1. The van der Waals surface area contributed by atoms with Gasteiger partial charge in [0.15, 0.2) is 0 Å². The third kappa shape index (κ3) is 5.13. The SMILES string of the molecule is O=C(O)N1CCC(CCOc2ccc(-c3nccs3)cc2)CC1Cc1nccs1. The highest BCUT2D eigenvalue weighted by atomic mass is 32.1. The van der Waals surface area contributed by atoms with Crippen LogP contribution in [-0.2, 0) is 6.42 Å². The first-order chi connectivity index (χ1) is 14.2. The monoisotopic (exact) mass is 429 g/mol. The topological polar surface area (TPSA) is 75.5 Å². The van der Waals surface area contributed by atoms with Crippen molar-refractivity contribution in [3.63, 3.8) is 0 Å². The molecular formula is C21H23N3O3S2. The zero-order valence-electron chi connectivity index (χ0n) is 15.9. The van der Waals surface area contributed by atoms with Crippen LogP contribution in [-0.4, -0.2) is 45.3 Å². The van der Waals surface area contributed by atoms with Crippen molar-refractivity contribution in [2.75, 3.05) is 13.2 Å². The largest absolute Gasteiger partial charge is 0.494 e. The Kier molecular flexibility index (Phi) is 6.41. The van der Waals surface area contributed by atoms with Gasteiger partial charge in [-0.3, -0.25) is 0 Å². The lowest BCUT2D eigenvalue weighted by Gasteiger charge is -2.37. The zero-order chi connectivity index (χ0) is 20.1. The number of amides is 1. The second-order valence-corrected chi connectivity index (χ2v) is 9.02. The number of carboxylic acid groups (broad SMARTS) is 1. The Morgan fingerprint density at radius 2 is 1.97 bits per heavy atom. The smallest absolute Gasteiger partial charge is 0.407 e. The Labute approximate surface area is 177 Å². The highest BCUT2D eigenvalue weighted by Crippen LogP contribution is 2.29. The van der Waals surface area contributed by atoms with Crippen LogP contribution in [0.1, 0.15) is 24.3 Å². The van der Waals surface area contributed by atoms with Gasteiger partial charge in [0.25, 0.3) is 0 Å². The van der Waals surface area contributed by atoms with Gasteiger partial charge >= 0.3 is 6.09 Å². The third-order valence-corrected chi connectivity index (χ3v) is 6.92. The molecule has 1 amide bonds. The maximum absolute atomic E-state index is 11.6. The maximum Gasteiger partial charge on any atom is 0.407 e. The summed E-state index contributed by atoms with van der Waals surface area (Å²) in [5.41, 5.74) is 1.10. The molecule has 4 rings (SSSR count). The Morgan fingerprint density at radius 1 is 1.17 bits per heavy atom. The number of benzene rings is 1. The Bertz CT molecular complexity index is 898. The van der Waals surface area contributed by atoms with E-state index in [1.807, 2.05) is 41.2 Å². The van der Waals surface area contributed by atoms with E-state index in [1.165, 1.54) is 0 Å². The number of nitrogens with zero attached hydrogens (tertiary/aromatic N) is 3. The van der Waals surface area contributed by atoms with E-state index in [1.54, 1.807) is 33.8 Å². The number of thiazole rings is 2. The summed E-state index contributed by atoms with van der Waals surface area (Å²) < 4.78 is 5.94. The van der Waals surface area contributed by atoms with Crippen molar-refractivity contribution in [3.8, 4) is 16.3 Å². The summed E-state index contributed by atoms with van der Waals surface area (Å²) in [5.74, 6) is 1.32. The van der Waals surface area contributed by atoms with Crippen LogP contribution in [0.25, 0.3) is 10.6 Å².